The number of nitrogens with one attached hydrogen (secondary N) is 2. The van der Waals surface area contributed by atoms with Crippen molar-refractivity contribution >= 4 is 35.6 Å². The minimum atomic E-state index is -0.375. The molecule has 0 atom stereocenters. The van der Waals surface area contributed by atoms with Crippen LogP contribution in [0.4, 0.5) is 5.69 Å². The smallest absolute Gasteiger partial charge is 0.274 e. The van der Waals surface area contributed by atoms with E-state index in [0.717, 1.165) is 39.2 Å². The molecule has 0 bridgehead atoms. The van der Waals surface area contributed by atoms with E-state index in [0.29, 0.717) is 11.5 Å². The topological polar surface area (TPSA) is 92.0 Å². The Morgan fingerprint density at radius 1 is 1.31 bits per heavy atom. The average Bonchev–Trinajstić information content (AvgIpc) is 2.60. The van der Waals surface area contributed by atoms with Crippen molar-refractivity contribution in [2.75, 3.05) is 46.9 Å². The number of para-hydroxylation sites is 1. The number of nitro benzene ring substituents is 1. The molecule has 2 N–H and O–H groups in total. The fourth-order valence-corrected chi connectivity index (χ4v) is 2.28. The van der Waals surface area contributed by atoms with E-state index in [1.807, 2.05) is 6.92 Å². The zero-order valence-electron chi connectivity index (χ0n) is 15.7. The summed E-state index contributed by atoms with van der Waals surface area (Å²) in [4.78, 5) is 17.4. The van der Waals surface area contributed by atoms with Gasteiger partial charge in [0.25, 0.3) is 5.69 Å². The van der Waals surface area contributed by atoms with E-state index in [1.54, 1.807) is 25.3 Å². The van der Waals surface area contributed by atoms with E-state index >= 15 is 0 Å². The lowest BCUT2D eigenvalue weighted by Gasteiger charge is -2.18. The summed E-state index contributed by atoms with van der Waals surface area (Å²) in [6.45, 7) is 6.32. The molecule has 148 valence electrons. The van der Waals surface area contributed by atoms with E-state index in [2.05, 4.69) is 27.6 Å². The molecule has 1 aromatic carbocycles. The molecule has 0 aliphatic carbocycles. The number of benzene rings is 1. The molecule has 0 aliphatic heterocycles. The van der Waals surface area contributed by atoms with Crippen molar-refractivity contribution in [2.24, 2.45) is 4.99 Å². The quantitative estimate of drug-likeness (QED) is 0.126. The Labute approximate surface area is 172 Å². The van der Waals surface area contributed by atoms with Crippen LogP contribution in [0.1, 0.15) is 18.9 Å². The van der Waals surface area contributed by atoms with Crippen LogP contribution in [0.3, 0.4) is 0 Å². The van der Waals surface area contributed by atoms with Gasteiger partial charge in [0.2, 0.25) is 0 Å². The number of rotatable bonds is 11. The van der Waals surface area contributed by atoms with Crippen LogP contribution >= 0.6 is 24.0 Å². The second-order valence-corrected chi connectivity index (χ2v) is 5.66. The van der Waals surface area contributed by atoms with Gasteiger partial charge in [-0.05, 0) is 20.4 Å². The number of nitrogens with zero attached hydrogens (tertiary/aromatic N) is 3. The van der Waals surface area contributed by atoms with Crippen LogP contribution in [0.15, 0.2) is 29.3 Å². The maximum absolute atomic E-state index is 11.1. The second-order valence-electron chi connectivity index (χ2n) is 5.66. The van der Waals surface area contributed by atoms with Crippen molar-refractivity contribution in [1.29, 1.82) is 0 Å². The predicted octanol–water partition coefficient (Wildman–Crippen LogP) is 2.24. The molecule has 0 saturated heterocycles. The van der Waals surface area contributed by atoms with E-state index in [1.165, 1.54) is 6.07 Å². The molecular weight excluding hydrogens is 449 g/mol. The highest BCUT2D eigenvalue weighted by molar-refractivity contribution is 14.0. The van der Waals surface area contributed by atoms with Crippen LogP contribution in [0.2, 0.25) is 0 Å². The molecule has 26 heavy (non-hydrogen) atoms. The Hall–Kier alpha value is -1.46. The van der Waals surface area contributed by atoms with E-state index in [-0.39, 0.29) is 41.1 Å². The van der Waals surface area contributed by atoms with Gasteiger partial charge < -0.3 is 20.3 Å². The number of halogens is 1. The number of hydrogen-bond donors (Lipinski definition) is 2. The SMILES string of the molecule is CCNC(=NCc1ccccc1[N+](=O)[O-])NCCN(C)CCCOC.I. The van der Waals surface area contributed by atoms with Gasteiger partial charge in [-0.15, -0.1) is 24.0 Å². The van der Waals surface area contributed by atoms with Crippen molar-refractivity contribution in [2.45, 2.75) is 19.9 Å². The Morgan fingerprint density at radius 3 is 2.69 bits per heavy atom. The highest BCUT2D eigenvalue weighted by Gasteiger charge is 2.11. The van der Waals surface area contributed by atoms with Crippen LogP contribution in [-0.4, -0.2) is 62.7 Å². The van der Waals surface area contributed by atoms with E-state index in [9.17, 15) is 10.1 Å². The first-order valence-electron chi connectivity index (χ1n) is 8.50. The predicted molar refractivity (Wildman–Crippen MR) is 115 cm³/mol. The van der Waals surface area contributed by atoms with Gasteiger partial charge >= 0.3 is 0 Å². The lowest BCUT2D eigenvalue weighted by Crippen LogP contribution is -2.41. The minimum Gasteiger partial charge on any atom is -0.385 e. The van der Waals surface area contributed by atoms with Gasteiger partial charge in [0.15, 0.2) is 5.96 Å². The number of aliphatic imine (C=N–C) groups is 1. The molecular formula is C17H30IN5O3. The molecule has 8 nitrogen and oxygen atoms in total. The summed E-state index contributed by atoms with van der Waals surface area (Å²) in [5.74, 6) is 0.658. The Balaban J connectivity index is 0.00000625. The van der Waals surface area contributed by atoms with E-state index in [4.69, 9.17) is 4.74 Å². The van der Waals surface area contributed by atoms with Gasteiger partial charge in [-0.2, -0.15) is 0 Å². The summed E-state index contributed by atoms with van der Waals surface area (Å²) in [5.41, 5.74) is 0.696. The van der Waals surface area contributed by atoms with Crippen LogP contribution in [-0.2, 0) is 11.3 Å². The number of guanidine groups is 1. The molecule has 0 fully saturated rings. The maximum atomic E-state index is 11.1. The summed E-state index contributed by atoms with van der Waals surface area (Å²) < 4.78 is 5.05. The molecule has 0 unspecified atom stereocenters. The van der Waals surface area contributed by atoms with Gasteiger partial charge in [0.05, 0.1) is 17.0 Å². The summed E-state index contributed by atoms with van der Waals surface area (Å²) in [7, 11) is 3.77. The molecule has 0 amide bonds. The zero-order valence-corrected chi connectivity index (χ0v) is 18.1. The van der Waals surface area contributed by atoms with Crippen molar-refractivity contribution in [3.63, 3.8) is 0 Å². The third-order valence-corrected chi connectivity index (χ3v) is 3.61. The Morgan fingerprint density at radius 2 is 2.04 bits per heavy atom. The lowest BCUT2D eigenvalue weighted by molar-refractivity contribution is -0.385. The molecule has 0 saturated carbocycles. The zero-order chi connectivity index (χ0) is 18.5. The Bertz CT molecular complexity index is 557. The molecule has 9 heteroatoms. The molecule has 0 spiro atoms. The summed E-state index contributed by atoms with van der Waals surface area (Å²) in [5, 5.41) is 17.5. The third kappa shape index (κ3) is 9.88. The molecule has 0 radical (unpaired) electrons. The van der Waals surface area contributed by atoms with Crippen molar-refractivity contribution in [3.05, 3.63) is 39.9 Å². The summed E-state index contributed by atoms with van der Waals surface area (Å²) in [6.07, 6.45) is 0.999. The van der Waals surface area contributed by atoms with Crippen LogP contribution in [0, 0.1) is 10.1 Å². The number of nitro groups is 1. The average molecular weight is 479 g/mol. The monoisotopic (exact) mass is 479 g/mol. The fourth-order valence-electron chi connectivity index (χ4n) is 2.28. The number of ether oxygens (including phenoxy) is 1. The summed E-state index contributed by atoms with van der Waals surface area (Å²) >= 11 is 0. The van der Waals surface area contributed by atoms with Crippen LogP contribution < -0.4 is 10.6 Å². The van der Waals surface area contributed by atoms with Gasteiger partial charge in [-0.25, -0.2) is 4.99 Å². The van der Waals surface area contributed by atoms with Crippen LogP contribution in [0.25, 0.3) is 0 Å². The molecule has 0 heterocycles. The highest BCUT2D eigenvalue weighted by Crippen LogP contribution is 2.18. The highest BCUT2D eigenvalue weighted by atomic mass is 127. The number of hydrogen-bond acceptors (Lipinski definition) is 5. The standard InChI is InChI=1S/C17H29N5O3.HI/c1-4-18-17(19-10-12-21(2)11-7-13-25-3)20-14-15-8-5-6-9-16(15)22(23)24;/h5-6,8-9H,4,7,10-14H2,1-3H3,(H2,18,19,20);1H. The van der Waals surface area contributed by atoms with Gasteiger partial charge in [-0.3, -0.25) is 10.1 Å². The van der Waals surface area contributed by atoms with Gasteiger partial charge in [0.1, 0.15) is 0 Å². The minimum absolute atomic E-state index is 0. The number of methoxy groups -OCH3 is 1. The first kappa shape index (κ1) is 24.5. The Kier molecular flexibility index (Phi) is 13.9. The first-order valence-corrected chi connectivity index (χ1v) is 8.50. The molecule has 1 aromatic rings. The molecule has 0 aromatic heterocycles. The third-order valence-electron chi connectivity index (χ3n) is 3.61. The largest absolute Gasteiger partial charge is 0.385 e. The van der Waals surface area contributed by atoms with E-state index < -0.39 is 0 Å². The number of likely N-dealkylation sites (N-methyl/N-ethyl adjacent to an activating group) is 1. The van der Waals surface area contributed by atoms with Gasteiger partial charge in [-0.1, -0.05) is 18.2 Å². The fraction of sp³-hybridized carbons (Fsp3) is 0.588. The summed E-state index contributed by atoms with van der Waals surface area (Å²) in [6, 6.07) is 6.68. The maximum Gasteiger partial charge on any atom is 0.274 e. The molecule has 1 rings (SSSR count). The second kappa shape index (κ2) is 14.7. The van der Waals surface area contributed by atoms with Crippen molar-refractivity contribution < 1.29 is 9.66 Å². The van der Waals surface area contributed by atoms with Crippen LogP contribution in [0.5, 0.6) is 0 Å². The first-order chi connectivity index (χ1) is 12.1. The van der Waals surface area contributed by atoms with Gasteiger partial charge in [0, 0.05) is 46.0 Å². The van der Waals surface area contributed by atoms with Crippen molar-refractivity contribution in [1.82, 2.24) is 15.5 Å². The normalized spacial score (nSPS) is 11.2. The molecule has 0 aliphatic rings. The van der Waals surface area contributed by atoms with Crippen molar-refractivity contribution in [3.8, 4) is 0 Å². The lowest BCUT2D eigenvalue weighted by atomic mass is 10.2.